The molecule has 104 valence electrons. The van der Waals surface area contributed by atoms with E-state index in [2.05, 4.69) is 24.5 Å². The number of carbonyl (C=O) groups is 1. The van der Waals surface area contributed by atoms with Crippen molar-refractivity contribution in [2.24, 2.45) is 5.73 Å². The quantitative estimate of drug-likeness (QED) is 0.384. The van der Waals surface area contributed by atoms with Crippen LogP contribution in [0.3, 0.4) is 0 Å². The van der Waals surface area contributed by atoms with Gasteiger partial charge in [0.15, 0.2) is 0 Å². The zero-order valence-corrected chi connectivity index (χ0v) is 11.7. The van der Waals surface area contributed by atoms with E-state index in [1.807, 2.05) is 30.3 Å². The molecule has 0 aliphatic carbocycles. The average Bonchev–Trinajstić information content (AvgIpc) is 2.35. The highest BCUT2D eigenvalue weighted by Crippen LogP contribution is 2.10. The molecule has 0 saturated heterocycles. The summed E-state index contributed by atoms with van der Waals surface area (Å²) in [5.41, 5.74) is 6.94. The Balaban J connectivity index is 2.19. The number of ether oxygens (including phenoxy) is 1. The van der Waals surface area contributed by atoms with E-state index in [1.54, 1.807) is 0 Å². The Labute approximate surface area is 119 Å². The molecular formula is C14H20N2O2S. The summed E-state index contributed by atoms with van der Waals surface area (Å²) in [5.74, 6) is -0.0847. The summed E-state index contributed by atoms with van der Waals surface area (Å²) in [6.07, 6.45) is 1.11. The molecule has 0 fully saturated rings. The monoisotopic (exact) mass is 280 g/mol. The van der Waals surface area contributed by atoms with E-state index >= 15 is 0 Å². The van der Waals surface area contributed by atoms with Crippen LogP contribution < -0.4 is 11.1 Å². The lowest BCUT2D eigenvalue weighted by Crippen LogP contribution is -2.29. The van der Waals surface area contributed by atoms with Crippen molar-refractivity contribution in [2.75, 3.05) is 13.3 Å². The number of benzene rings is 1. The van der Waals surface area contributed by atoms with Crippen LogP contribution in [0.4, 0.5) is 0 Å². The van der Waals surface area contributed by atoms with Crippen molar-refractivity contribution in [1.29, 1.82) is 0 Å². The third kappa shape index (κ3) is 7.54. The van der Waals surface area contributed by atoms with Crippen molar-refractivity contribution in [2.45, 2.75) is 18.1 Å². The molecule has 0 heterocycles. The van der Waals surface area contributed by atoms with Crippen molar-refractivity contribution in [3.05, 3.63) is 48.2 Å². The molecule has 1 amide bonds. The van der Waals surface area contributed by atoms with Crippen molar-refractivity contribution in [3.63, 3.8) is 0 Å². The zero-order valence-electron chi connectivity index (χ0n) is 10.8. The SMILES string of the molecule is C=C(N)COCNC(=O)CC(S)Cc1ccccc1. The maximum Gasteiger partial charge on any atom is 0.222 e. The number of hydrogen-bond acceptors (Lipinski definition) is 4. The molecule has 0 saturated carbocycles. The van der Waals surface area contributed by atoms with E-state index in [-0.39, 0.29) is 24.5 Å². The van der Waals surface area contributed by atoms with Gasteiger partial charge in [-0.3, -0.25) is 4.79 Å². The third-order valence-electron chi connectivity index (χ3n) is 2.39. The topological polar surface area (TPSA) is 64.3 Å². The smallest absolute Gasteiger partial charge is 0.222 e. The van der Waals surface area contributed by atoms with E-state index < -0.39 is 0 Å². The fraction of sp³-hybridized carbons (Fsp3) is 0.357. The highest BCUT2D eigenvalue weighted by atomic mass is 32.1. The van der Waals surface area contributed by atoms with E-state index in [9.17, 15) is 4.79 Å². The summed E-state index contributed by atoms with van der Waals surface area (Å²) in [7, 11) is 0. The number of carbonyl (C=O) groups excluding carboxylic acids is 1. The first-order valence-corrected chi connectivity index (χ1v) is 6.59. The Hall–Kier alpha value is -1.46. The van der Waals surface area contributed by atoms with Crippen LogP contribution in [0.5, 0.6) is 0 Å². The number of amides is 1. The van der Waals surface area contributed by atoms with Gasteiger partial charge in [0.1, 0.15) is 6.73 Å². The lowest BCUT2D eigenvalue weighted by molar-refractivity contribution is -0.122. The molecule has 1 unspecified atom stereocenters. The fourth-order valence-corrected chi connectivity index (χ4v) is 1.93. The average molecular weight is 280 g/mol. The largest absolute Gasteiger partial charge is 0.401 e. The predicted octanol–water partition coefficient (Wildman–Crippen LogP) is 1.48. The molecular weight excluding hydrogens is 260 g/mol. The van der Waals surface area contributed by atoms with Crippen LogP contribution in [-0.2, 0) is 16.0 Å². The fourth-order valence-electron chi connectivity index (χ4n) is 1.56. The Kier molecular flexibility index (Phi) is 7.07. The standard InChI is InChI=1S/C14H20N2O2S/c1-11(15)9-18-10-16-14(17)8-13(19)7-12-5-3-2-4-6-12/h2-6,13,19H,1,7-10,15H2,(H,16,17). The molecule has 1 rings (SSSR count). The normalized spacial score (nSPS) is 11.8. The van der Waals surface area contributed by atoms with Crippen LogP contribution in [0.25, 0.3) is 0 Å². The molecule has 1 atom stereocenters. The molecule has 0 aromatic heterocycles. The molecule has 3 N–H and O–H groups in total. The summed E-state index contributed by atoms with van der Waals surface area (Å²) in [4.78, 5) is 11.6. The summed E-state index contributed by atoms with van der Waals surface area (Å²) in [6.45, 7) is 3.88. The van der Waals surface area contributed by atoms with Gasteiger partial charge in [-0.2, -0.15) is 12.6 Å². The highest BCUT2D eigenvalue weighted by molar-refractivity contribution is 7.81. The van der Waals surface area contributed by atoms with Gasteiger partial charge in [-0.1, -0.05) is 36.9 Å². The second-order valence-corrected chi connectivity index (χ2v) is 5.03. The number of nitrogens with one attached hydrogen (secondary N) is 1. The lowest BCUT2D eigenvalue weighted by atomic mass is 10.1. The molecule has 0 radical (unpaired) electrons. The van der Waals surface area contributed by atoms with Gasteiger partial charge in [-0.05, 0) is 12.0 Å². The first-order valence-electron chi connectivity index (χ1n) is 6.07. The van der Waals surface area contributed by atoms with E-state index in [0.29, 0.717) is 12.1 Å². The van der Waals surface area contributed by atoms with Gasteiger partial charge in [-0.15, -0.1) is 0 Å². The van der Waals surface area contributed by atoms with Crippen LogP contribution in [-0.4, -0.2) is 24.5 Å². The van der Waals surface area contributed by atoms with Gasteiger partial charge in [0, 0.05) is 17.4 Å². The molecule has 0 aliphatic heterocycles. The Bertz CT molecular complexity index is 409. The predicted molar refractivity (Wildman–Crippen MR) is 79.8 cm³/mol. The van der Waals surface area contributed by atoms with Crippen molar-refractivity contribution in [3.8, 4) is 0 Å². The molecule has 5 heteroatoms. The van der Waals surface area contributed by atoms with Crippen molar-refractivity contribution >= 4 is 18.5 Å². The van der Waals surface area contributed by atoms with Gasteiger partial charge < -0.3 is 15.8 Å². The van der Waals surface area contributed by atoms with Gasteiger partial charge in [-0.25, -0.2) is 0 Å². The van der Waals surface area contributed by atoms with E-state index in [1.165, 1.54) is 5.56 Å². The second-order valence-electron chi connectivity index (χ2n) is 4.30. The maximum atomic E-state index is 11.6. The van der Waals surface area contributed by atoms with Crippen LogP contribution in [0.2, 0.25) is 0 Å². The highest BCUT2D eigenvalue weighted by Gasteiger charge is 2.10. The number of thiol groups is 1. The summed E-state index contributed by atoms with van der Waals surface area (Å²) in [6, 6.07) is 9.97. The summed E-state index contributed by atoms with van der Waals surface area (Å²) >= 11 is 4.42. The van der Waals surface area contributed by atoms with Crippen LogP contribution in [0.1, 0.15) is 12.0 Å². The van der Waals surface area contributed by atoms with Gasteiger partial charge in [0.25, 0.3) is 0 Å². The molecule has 0 bridgehead atoms. The molecule has 0 aliphatic rings. The lowest BCUT2D eigenvalue weighted by Gasteiger charge is -2.11. The Morgan fingerprint density at radius 2 is 2.11 bits per heavy atom. The first kappa shape index (κ1) is 15.6. The van der Waals surface area contributed by atoms with Gasteiger partial charge in [0.2, 0.25) is 5.91 Å². The second kappa shape index (κ2) is 8.61. The Morgan fingerprint density at radius 3 is 2.74 bits per heavy atom. The minimum Gasteiger partial charge on any atom is -0.401 e. The Morgan fingerprint density at radius 1 is 1.42 bits per heavy atom. The van der Waals surface area contributed by atoms with E-state index in [4.69, 9.17) is 10.5 Å². The minimum atomic E-state index is -0.0847. The molecule has 4 nitrogen and oxygen atoms in total. The maximum absolute atomic E-state index is 11.6. The molecule has 1 aromatic rings. The van der Waals surface area contributed by atoms with Crippen LogP contribution in [0, 0.1) is 0 Å². The van der Waals surface area contributed by atoms with Crippen molar-refractivity contribution in [1.82, 2.24) is 5.32 Å². The molecule has 19 heavy (non-hydrogen) atoms. The third-order valence-corrected chi connectivity index (χ3v) is 2.76. The number of rotatable bonds is 8. The van der Waals surface area contributed by atoms with Crippen molar-refractivity contribution < 1.29 is 9.53 Å². The minimum absolute atomic E-state index is 0.00752. The van der Waals surface area contributed by atoms with Gasteiger partial charge in [0.05, 0.1) is 6.61 Å². The van der Waals surface area contributed by atoms with Crippen LogP contribution in [0.15, 0.2) is 42.6 Å². The molecule has 1 aromatic carbocycles. The number of nitrogens with two attached hydrogens (primary N) is 1. The van der Waals surface area contributed by atoms with Crippen LogP contribution >= 0.6 is 12.6 Å². The van der Waals surface area contributed by atoms with E-state index in [0.717, 1.165) is 6.42 Å². The summed E-state index contributed by atoms with van der Waals surface area (Å²) in [5, 5.41) is 2.64. The zero-order chi connectivity index (χ0) is 14.1. The van der Waals surface area contributed by atoms with Gasteiger partial charge >= 0.3 is 0 Å². The summed E-state index contributed by atoms with van der Waals surface area (Å²) < 4.78 is 5.08. The molecule has 0 spiro atoms. The number of hydrogen-bond donors (Lipinski definition) is 3. The first-order chi connectivity index (χ1) is 9.08.